The fourth-order valence-corrected chi connectivity index (χ4v) is 2.85. The molecule has 0 aromatic heterocycles. The molecule has 0 bridgehead atoms. The van der Waals surface area contributed by atoms with Crippen LogP contribution in [0.1, 0.15) is 68.2 Å². The van der Waals surface area contributed by atoms with Crippen molar-refractivity contribution in [3.63, 3.8) is 0 Å². The van der Waals surface area contributed by atoms with E-state index in [9.17, 15) is 19.2 Å². The Morgan fingerprint density at radius 2 is 1.18 bits per heavy atom. The molecule has 0 aliphatic heterocycles. The lowest BCUT2D eigenvalue weighted by molar-refractivity contribution is -0.257. The molecule has 0 N–H and O–H groups in total. The van der Waals surface area contributed by atoms with E-state index in [2.05, 4.69) is 13.2 Å². The second-order valence-corrected chi connectivity index (χ2v) is 8.86. The Hall–Kier alpha value is -3.04. The Labute approximate surface area is 196 Å². The van der Waals surface area contributed by atoms with Crippen LogP contribution >= 0.6 is 0 Å². The number of ether oxygens (including phenoxy) is 2. The summed E-state index contributed by atoms with van der Waals surface area (Å²) in [6.45, 7) is 20.8. The first kappa shape index (κ1) is 30.0. The van der Waals surface area contributed by atoms with E-state index >= 15 is 0 Å². The van der Waals surface area contributed by atoms with E-state index in [0.717, 1.165) is 18.6 Å². The Kier molecular flexibility index (Phi) is 12.3. The van der Waals surface area contributed by atoms with E-state index in [4.69, 9.17) is 19.1 Å². The Morgan fingerprint density at radius 3 is 1.45 bits per heavy atom. The molecule has 0 aromatic rings. The molecule has 0 spiro atoms. The topological polar surface area (TPSA) is 112 Å². The third-order valence-corrected chi connectivity index (χ3v) is 4.56. The molecule has 0 aromatic carbocycles. The Morgan fingerprint density at radius 1 is 0.818 bits per heavy atom. The second-order valence-electron chi connectivity index (χ2n) is 8.86. The van der Waals surface area contributed by atoms with Gasteiger partial charge >= 0.3 is 24.1 Å². The lowest BCUT2D eigenvalue weighted by atomic mass is 9.80. The predicted octanol–water partition coefficient (Wildman–Crippen LogP) is 4.76. The van der Waals surface area contributed by atoms with Crippen LogP contribution in [0.25, 0.3) is 0 Å². The van der Waals surface area contributed by atoms with Gasteiger partial charge in [-0.1, -0.05) is 47.3 Å². The SMILES string of the molecule is C=CC(=O)ON(C(=O)OC(C)C)C(C(C)CC(C)(C)CC)N(OC(=O)C=C)C(=O)OC(C)C. The highest BCUT2D eigenvalue weighted by Gasteiger charge is 2.44. The van der Waals surface area contributed by atoms with Crippen molar-refractivity contribution in [3.05, 3.63) is 25.3 Å². The minimum Gasteiger partial charge on any atom is -0.445 e. The van der Waals surface area contributed by atoms with E-state index in [1.165, 1.54) is 0 Å². The van der Waals surface area contributed by atoms with Crippen molar-refractivity contribution in [1.82, 2.24) is 10.1 Å². The molecule has 10 heteroatoms. The Bertz CT molecular complexity index is 669. The van der Waals surface area contributed by atoms with Gasteiger partial charge in [0.1, 0.15) is 0 Å². The molecule has 0 fully saturated rings. The number of hydrogen-bond donors (Lipinski definition) is 0. The molecule has 10 nitrogen and oxygen atoms in total. The maximum atomic E-state index is 12.9. The van der Waals surface area contributed by atoms with Crippen molar-refractivity contribution in [2.75, 3.05) is 0 Å². The van der Waals surface area contributed by atoms with E-state index in [1.54, 1.807) is 34.6 Å². The van der Waals surface area contributed by atoms with Gasteiger partial charge in [-0.3, -0.25) is 0 Å². The molecule has 0 heterocycles. The summed E-state index contributed by atoms with van der Waals surface area (Å²) in [6.07, 6.45) is -1.78. The van der Waals surface area contributed by atoms with E-state index in [1.807, 2.05) is 20.8 Å². The third-order valence-electron chi connectivity index (χ3n) is 4.56. The highest BCUT2D eigenvalue weighted by Crippen LogP contribution is 2.33. The van der Waals surface area contributed by atoms with Gasteiger partial charge in [-0.15, -0.1) is 10.1 Å². The van der Waals surface area contributed by atoms with Gasteiger partial charge in [0, 0.05) is 18.1 Å². The molecular formula is C23H38N2O8. The molecule has 0 rings (SSSR count). The number of carbonyl (C=O) groups excluding carboxylic acids is 4. The number of carbonyl (C=O) groups is 4. The molecule has 0 radical (unpaired) electrons. The lowest BCUT2D eigenvalue weighted by Crippen LogP contribution is -2.58. The van der Waals surface area contributed by atoms with Gasteiger partial charge in [0.25, 0.3) is 0 Å². The van der Waals surface area contributed by atoms with Gasteiger partial charge < -0.3 is 19.1 Å². The molecule has 0 aliphatic carbocycles. The van der Waals surface area contributed by atoms with Crippen LogP contribution < -0.4 is 0 Å². The standard InChI is InChI=1S/C23H38N2O8/c1-11-18(26)32-24(21(28)30-15(4)5)20(17(8)14-23(9,10)13-3)25(33-19(27)12-2)22(29)31-16(6)7/h11-12,15-17,20H,1-2,13-14H2,3-10H3. The number of amides is 2. The molecule has 0 aliphatic rings. The maximum Gasteiger partial charge on any atom is 0.445 e. The molecule has 1 unspecified atom stereocenters. The average Bonchev–Trinajstić information content (AvgIpc) is 2.70. The normalized spacial score (nSPS) is 12.1. The van der Waals surface area contributed by atoms with Crippen LogP contribution in [0, 0.1) is 11.3 Å². The first-order valence-corrected chi connectivity index (χ1v) is 10.9. The number of rotatable bonds is 10. The number of nitrogens with zero attached hydrogens (tertiary/aromatic N) is 2. The molecule has 1 atom stereocenters. The minimum absolute atomic E-state index is 0.232. The van der Waals surface area contributed by atoms with Crippen molar-refractivity contribution in [1.29, 1.82) is 0 Å². The largest absolute Gasteiger partial charge is 0.445 e. The summed E-state index contributed by atoms with van der Waals surface area (Å²) in [7, 11) is 0. The molecule has 188 valence electrons. The molecular weight excluding hydrogens is 432 g/mol. The summed E-state index contributed by atoms with van der Waals surface area (Å²) in [5.74, 6) is -2.53. The first-order chi connectivity index (χ1) is 15.2. The van der Waals surface area contributed by atoms with Crippen LogP contribution in [0.15, 0.2) is 25.3 Å². The van der Waals surface area contributed by atoms with Gasteiger partial charge in [0.05, 0.1) is 12.2 Å². The summed E-state index contributed by atoms with van der Waals surface area (Å²) in [6, 6.07) is 0. The van der Waals surface area contributed by atoms with Crippen molar-refractivity contribution in [2.45, 2.75) is 86.6 Å². The minimum atomic E-state index is -1.42. The summed E-state index contributed by atoms with van der Waals surface area (Å²) in [4.78, 5) is 60.4. The van der Waals surface area contributed by atoms with Gasteiger partial charge in [-0.2, -0.15) is 0 Å². The first-order valence-electron chi connectivity index (χ1n) is 10.9. The Balaban J connectivity index is 6.69. The predicted molar refractivity (Wildman–Crippen MR) is 121 cm³/mol. The number of hydrogen-bond acceptors (Lipinski definition) is 8. The molecule has 2 amide bonds. The fourth-order valence-electron chi connectivity index (χ4n) is 2.85. The molecule has 0 saturated heterocycles. The van der Waals surface area contributed by atoms with Gasteiger partial charge in [0.15, 0.2) is 6.17 Å². The summed E-state index contributed by atoms with van der Waals surface area (Å²) in [5, 5.41) is 1.14. The summed E-state index contributed by atoms with van der Waals surface area (Å²) in [5.41, 5.74) is -0.232. The van der Waals surface area contributed by atoms with Crippen LogP contribution in [0.2, 0.25) is 0 Å². The van der Waals surface area contributed by atoms with E-state index in [0.29, 0.717) is 16.5 Å². The van der Waals surface area contributed by atoms with Gasteiger partial charge in [-0.05, 0) is 39.5 Å². The fraction of sp³-hybridized carbons (Fsp3) is 0.652. The zero-order valence-electron chi connectivity index (χ0n) is 21.0. The monoisotopic (exact) mass is 470 g/mol. The van der Waals surface area contributed by atoms with Crippen molar-refractivity contribution in [2.24, 2.45) is 11.3 Å². The zero-order chi connectivity index (χ0) is 25.9. The second kappa shape index (κ2) is 13.5. The van der Waals surface area contributed by atoms with E-state index < -0.39 is 48.4 Å². The van der Waals surface area contributed by atoms with Crippen molar-refractivity contribution < 1.29 is 38.3 Å². The molecule has 33 heavy (non-hydrogen) atoms. The quantitative estimate of drug-likeness (QED) is 0.255. The maximum absolute atomic E-state index is 12.9. The lowest BCUT2D eigenvalue weighted by Gasteiger charge is -2.40. The highest BCUT2D eigenvalue weighted by molar-refractivity contribution is 5.83. The summed E-state index contributed by atoms with van der Waals surface area (Å²) >= 11 is 0. The summed E-state index contributed by atoms with van der Waals surface area (Å²) < 4.78 is 10.4. The van der Waals surface area contributed by atoms with Crippen molar-refractivity contribution in [3.8, 4) is 0 Å². The third kappa shape index (κ3) is 10.4. The smallest absolute Gasteiger partial charge is 0.445 e. The van der Waals surface area contributed by atoms with Crippen LogP contribution in [0.3, 0.4) is 0 Å². The van der Waals surface area contributed by atoms with E-state index in [-0.39, 0.29) is 5.41 Å². The van der Waals surface area contributed by atoms with Crippen LogP contribution in [0.5, 0.6) is 0 Å². The van der Waals surface area contributed by atoms with Gasteiger partial charge in [0.2, 0.25) is 0 Å². The van der Waals surface area contributed by atoms with Crippen LogP contribution in [-0.2, 0) is 28.7 Å². The van der Waals surface area contributed by atoms with Gasteiger partial charge in [-0.25, -0.2) is 19.2 Å². The van der Waals surface area contributed by atoms with Crippen LogP contribution in [-0.4, -0.2) is 52.6 Å². The number of hydroxylamine groups is 4. The zero-order valence-corrected chi connectivity index (χ0v) is 21.0. The van der Waals surface area contributed by atoms with Crippen LogP contribution in [0.4, 0.5) is 9.59 Å². The average molecular weight is 471 g/mol. The highest BCUT2D eigenvalue weighted by atomic mass is 16.8. The molecule has 0 saturated carbocycles. The van der Waals surface area contributed by atoms with Crippen molar-refractivity contribution >= 4 is 24.1 Å².